The van der Waals surface area contributed by atoms with Gasteiger partial charge >= 0.3 is 0 Å². The number of hydrogen-bond acceptors (Lipinski definition) is 3. The lowest BCUT2D eigenvalue weighted by Crippen LogP contribution is -2.27. The fraction of sp³-hybridized carbons (Fsp3) is 0.467. The molecule has 1 aliphatic carbocycles. The summed E-state index contributed by atoms with van der Waals surface area (Å²) in [6, 6.07) is 8.18. The molecule has 2 aromatic rings. The van der Waals surface area contributed by atoms with E-state index in [4.69, 9.17) is 11.6 Å². The largest absolute Gasteiger partial charge is 0.368 e. The molecule has 3 rings (SSSR count). The van der Waals surface area contributed by atoms with Crippen LogP contribution in [0, 0.1) is 5.92 Å². The van der Waals surface area contributed by atoms with Gasteiger partial charge in [0.05, 0.1) is 6.20 Å². The Morgan fingerprint density at radius 2 is 2.05 bits per heavy atom. The van der Waals surface area contributed by atoms with Crippen LogP contribution < -0.4 is 5.32 Å². The molecule has 0 spiro atoms. The highest BCUT2D eigenvalue weighted by Crippen LogP contribution is 2.29. The van der Waals surface area contributed by atoms with Crippen LogP contribution >= 0.6 is 11.6 Å². The predicted molar refractivity (Wildman–Crippen MR) is 79.6 cm³/mol. The Balaban J connectivity index is 1.74. The number of anilines is 1. The van der Waals surface area contributed by atoms with Crippen molar-refractivity contribution in [3.8, 4) is 0 Å². The molecule has 1 fully saturated rings. The molecule has 1 heterocycles. The van der Waals surface area contributed by atoms with Crippen LogP contribution in [0.2, 0.25) is 0 Å². The monoisotopic (exact) mass is 275 g/mol. The Bertz CT molecular complexity index is 553. The first-order valence-electron chi connectivity index (χ1n) is 6.93. The maximum atomic E-state index is 6.39. The fourth-order valence-electron chi connectivity index (χ4n) is 2.78. The van der Waals surface area contributed by atoms with E-state index in [9.17, 15) is 0 Å². The van der Waals surface area contributed by atoms with Crippen molar-refractivity contribution in [3.63, 3.8) is 0 Å². The van der Waals surface area contributed by atoms with E-state index in [1.54, 1.807) is 6.20 Å². The second kappa shape index (κ2) is 5.74. The summed E-state index contributed by atoms with van der Waals surface area (Å²) in [5.74, 6) is 1.41. The molecule has 0 aliphatic heterocycles. The first-order valence-corrected chi connectivity index (χ1v) is 7.36. The second-order valence-electron chi connectivity index (χ2n) is 5.22. The Hall–Kier alpha value is -1.35. The average Bonchev–Trinajstić information content (AvgIpc) is 2.46. The summed E-state index contributed by atoms with van der Waals surface area (Å²) < 4.78 is 0. The summed E-state index contributed by atoms with van der Waals surface area (Å²) in [6.07, 6.45) is 6.69. The topological polar surface area (TPSA) is 37.8 Å². The Labute approximate surface area is 118 Å². The zero-order chi connectivity index (χ0) is 13.1. The Morgan fingerprint density at radius 1 is 1.21 bits per heavy atom. The van der Waals surface area contributed by atoms with Gasteiger partial charge < -0.3 is 5.32 Å². The highest BCUT2D eigenvalue weighted by atomic mass is 35.5. The molecule has 4 heteroatoms. The Morgan fingerprint density at radius 3 is 2.95 bits per heavy atom. The van der Waals surface area contributed by atoms with Gasteiger partial charge in [-0.25, -0.2) is 0 Å². The Kier molecular flexibility index (Phi) is 3.83. The molecule has 1 aromatic carbocycles. The van der Waals surface area contributed by atoms with Crippen molar-refractivity contribution >= 4 is 28.2 Å². The van der Waals surface area contributed by atoms with Crippen LogP contribution in [0.25, 0.3) is 10.8 Å². The molecule has 100 valence electrons. The molecular weight excluding hydrogens is 258 g/mol. The van der Waals surface area contributed by atoms with Crippen LogP contribution in [0.1, 0.15) is 25.7 Å². The maximum absolute atomic E-state index is 6.39. The molecular formula is C15H18ClN3. The minimum atomic E-state index is 0.296. The van der Waals surface area contributed by atoms with E-state index in [2.05, 4.69) is 27.6 Å². The van der Waals surface area contributed by atoms with Crippen LogP contribution in [-0.4, -0.2) is 22.1 Å². The standard InChI is InChI=1S/C15H18ClN3/c16-14-8-4-2-6-12(14)9-17-15-13-7-3-1-5-11(13)10-18-19-15/h1,3,5,7,10,12,14H,2,4,6,8-9H2,(H,17,19). The van der Waals surface area contributed by atoms with Crippen molar-refractivity contribution in [2.24, 2.45) is 5.92 Å². The lowest BCUT2D eigenvalue weighted by molar-refractivity contribution is 0.380. The van der Waals surface area contributed by atoms with Gasteiger partial charge in [-0.3, -0.25) is 0 Å². The van der Waals surface area contributed by atoms with Crippen LogP contribution in [-0.2, 0) is 0 Å². The molecule has 0 bridgehead atoms. The summed E-state index contributed by atoms with van der Waals surface area (Å²) in [6.45, 7) is 0.886. The minimum Gasteiger partial charge on any atom is -0.368 e. The molecule has 19 heavy (non-hydrogen) atoms. The smallest absolute Gasteiger partial charge is 0.156 e. The number of nitrogens with zero attached hydrogens (tertiary/aromatic N) is 2. The molecule has 2 atom stereocenters. The van der Waals surface area contributed by atoms with E-state index in [0.29, 0.717) is 11.3 Å². The molecule has 0 radical (unpaired) electrons. The number of rotatable bonds is 3. The third kappa shape index (κ3) is 2.81. The first kappa shape index (κ1) is 12.7. The fourth-order valence-corrected chi connectivity index (χ4v) is 3.15. The summed E-state index contributed by atoms with van der Waals surface area (Å²) in [5, 5.41) is 14.2. The quantitative estimate of drug-likeness (QED) is 0.865. The predicted octanol–water partition coefficient (Wildman–Crippen LogP) is 3.84. The van der Waals surface area contributed by atoms with Crippen molar-refractivity contribution in [3.05, 3.63) is 30.5 Å². The second-order valence-corrected chi connectivity index (χ2v) is 5.78. The summed E-state index contributed by atoms with van der Waals surface area (Å²) >= 11 is 6.39. The van der Waals surface area contributed by atoms with Gasteiger partial charge in [0.15, 0.2) is 5.82 Å². The molecule has 1 aromatic heterocycles. The van der Waals surface area contributed by atoms with Gasteiger partial charge in [-0.05, 0) is 18.8 Å². The third-order valence-corrected chi connectivity index (χ3v) is 4.49. The average molecular weight is 276 g/mol. The SMILES string of the molecule is ClC1CCCCC1CNc1nncc2ccccc12. The normalized spacial score (nSPS) is 23.4. The lowest BCUT2D eigenvalue weighted by Gasteiger charge is -2.27. The molecule has 3 nitrogen and oxygen atoms in total. The number of fused-ring (bicyclic) bond motifs is 1. The van der Waals surface area contributed by atoms with Crippen molar-refractivity contribution in [1.82, 2.24) is 10.2 Å². The third-order valence-electron chi connectivity index (χ3n) is 3.92. The molecule has 2 unspecified atom stereocenters. The number of nitrogens with one attached hydrogen (secondary N) is 1. The maximum Gasteiger partial charge on any atom is 0.156 e. The van der Waals surface area contributed by atoms with Gasteiger partial charge in [0.25, 0.3) is 0 Å². The van der Waals surface area contributed by atoms with E-state index < -0.39 is 0 Å². The zero-order valence-electron chi connectivity index (χ0n) is 10.8. The van der Waals surface area contributed by atoms with Crippen molar-refractivity contribution < 1.29 is 0 Å². The number of aromatic nitrogens is 2. The highest BCUT2D eigenvalue weighted by molar-refractivity contribution is 6.20. The molecule has 1 aliphatic rings. The van der Waals surface area contributed by atoms with Crippen molar-refractivity contribution in [2.75, 3.05) is 11.9 Å². The van der Waals surface area contributed by atoms with E-state index in [0.717, 1.165) is 29.6 Å². The highest BCUT2D eigenvalue weighted by Gasteiger charge is 2.23. The van der Waals surface area contributed by atoms with E-state index in [1.165, 1.54) is 19.3 Å². The first-order chi connectivity index (χ1) is 9.34. The van der Waals surface area contributed by atoms with Gasteiger partial charge in [0.2, 0.25) is 0 Å². The minimum absolute atomic E-state index is 0.296. The van der Waals surface area contributed by atoms with Gasteiger partial charge in [-0.2, -0.15) is 5.10 Å². The number of hydrogen-bond donors (Lipinski definition) is 1. The number of alkyl halides is 1. The summed E-state index contributed by atoms with van der Waals surface area (Å²) in [7, 11) is 0. The van der Waals surface area contributed by atoms with Gasteiger partial charge in [-0.1, -0.05) is 37.1 Å². The summed E-state index contributed by atoms with van der Waals surface area (Å²) in [4.78, 5) is 0. The van der Waals surface area contributed by atoms with Crippen LogP contribution in [0.5, 0.6) is 0 Å². The molecule has 0 saturated heterocycles. The number of benzene rings is 1. The van der Waals surface area contributed by atoms with Gasteiger partial charge in [-0.15, -0.1) is 16.7 Å². The molecule has 0 amide bonds. The number of halogens is 1. The molecule has 1 N–H and O–H groups in total. The van der Waals surface area contributed by atoms with Gasteiger partial charge in [0, 0.05) is 22.7 Å². The van der Waals surface area contributed by atoms with Crippen LogP contribution in [0.4, 0.5) is 5.82 Å². The van der Waals surface area contributed by atoms with Crippen LogP contribution in [0.3, 0.4) is 0 Å². The van der Waals surface area contributed by atoms with Crippen LogP contribution in [0.15, 0.2) is 30.5 Å². The van der Waals surface area contributed by atoms with E-state index in [-0.39, 0.29) is 0 Å². The van der Waals surface area contributed by atoms with Crippen molar-refractivity contribution in [2.45, 2.75) is 31.1 Å². The lowest BCUT2D eigenvalue weighted by atomic mass is 9.89. The summed E-state index contributed by atoms with van der Waals surface area (Å²) in [5.41, 5.74) is 0. The molecule has 1 saturated carbocycles. The van der Waals surface area contributed by atoms with Gasteiger partial charge in [0.1, 0.15) is 0 Å². The van der Waals surface area contributed by atoms with Crippen molar-refractivity contribution in [1.29, 1.82) is 0 Å². The van der Waals surface area contributed by atoms with E-state index >= 15 is 0 Å². The van der Waals surface area contributed by atoms with E-state index in [1.807, 2.05) is 12.1 Å². The zero-order valence-corrected chi connectivity index (χ0v) is 11.6.